The third-order valence-corrected chi connectivity index (χ3v) is 3.46. The Morgan fingerprint density at radius 3 is 2.95 bits per heavy atom. The number of hydrogen-bond donors (Lipinski definition) is 2. The van der Waals surface area contributed by atoms with Gasteiger partial charge in [0.1, 0.15) is 5.75 Å². The molecule has 0 amide bonds. The van der Waals surface area contributed by atoms with E-state index >= 15 is 0 Å². The van der Waals surface area contributed by atoms with Crippen LogP contribution < -0.4 is 15.4 Å². The summed E-state index contributed by atoms with van der Waals surface area (Å²) >= 11 is 0. The fraction of sp³-hybridized carbons (Fsp3) is 0.600. The minimum absolute atomic E-state index is 0.456. The molecule has 0 bridgehead atoms. The van der Waals surface area contributed by atoms with Gasteiger partial charge in [0.05, 0.1) is 26.0 Å². The standard InChI is InChI=1S/C15H24N2O2/c1-11-8-12(2)15(14(9-11)18-3)17-5-4-13-10-19-7-6-16-13/h8-9,13,16-17H,4-7,10H2,1-3H3. The van der Waals surface area contributed by atoms with Crippen molar-refractivity contribution < 1.29 is 9.47 Å². The molecule has 1 aliphatic heterocycles. The molecule has 0 spiro atoms. The van der Waals surface area contributed by atoms with Crippen molar-refractivity contribution in [3.8, 4) is 5.75 Å². The zero-order valence-electron chi connectivity index (χ0n) is 12.1. The molecule has 1 unspecified atom stereocenters. The van der Waals surface area contributed by atoms with Gasteiger partial charge in [-0.15, -0.1) is 0 Å². The van der Waals surface area contributed by atoms with Gasteiger partial charge < -0.3 is 20.1 Å². The fourth-order valence-electron chi connectivity index (χ4n) is 2.49. The molecule has 1 heterocycles. The lowest BCUT2D eigenvalue weighted by atomic mass is 10.1. The highest BCUT2D eigenvalue weighted by atomic mass is 16.5. The molecule has 106 valence electrons. The van der Waals surface area contributed by atoms with Gasteiger partial charge in [0.2, 0.25) is 0 Å². The van der Waals surface area contributed by atoms with Gasteiger partial charge in [-0.3, -0.25) is 0 Å². The lowest BCUT2D eigenvalue weighted by Crippen LogP contribution is -2.42. The monoisotopic (exact) mass is 264 g/mol. The van der Waals surface area contributed by atoms with Gasteiger partial charge in [-0.1, -0.05) is 6.07 Å². The van der Waals surface area contributed by atoms with Crippen LogP contribution in [0.1, 0.15) is 17.5 Å². The summed E-state index contributed by atoms with van der Waals surface area (Å²) in [6, 6.07) is 4.70. The number of morpholine rings is 1. The topological polar surface area (TPSA) is 42.5 Å². The van der Waals surface area contributed by atoms with E-state index in [1.54, 1.807) is 7.11 Å². The molecule has 1 saturated heterocycles. The lowest BCUT2D eigenvalue weighted by Gasteiger charge is -2.24. The Morgan fingerprint density at radius 1 is 1.42 bits per heavy atom. The SMILES string of the molecule is COc1cc(C)cc(C)c1NCCC1COCCN1. The molecule has 2 N–H and O–H groups in total. The second kappa shape index (κ2) is 6.78. The molecular formula is C15H24N2O2. The fourth-order valence-corrected chi connectivity index (χ4v) is 2.49. The number of rotatable bonds is 5. The van der Waals surface area contributed by atoms with Crippen LogP contribution in [-0.4, -0.2) is 39.5 Å². The number of nitrogens with one attached hydrogen (secondary N) is 2. The van der Waals surface area contributed by atoms with E-state index in [9.17, 15) is 0 Å². The van der Waals surface area contributed by atoms with E-state index in [1.807, 2.05) is 0 Å². The van der Waals surface area contributed by atoms with Crippen LogP contribution in [0.3, 0.4) is 0 Å². The van der Waals surface area contributed by atoms with Gasteiger partial charge in [-0.25, -0.2) is 0 Å². The van der Waals surface area contributed by atoms with Crippen molar-refractivity contribution >= 4 is 5.69 Å². The molecule has 4 nitrogen and oxygen atoms in total. The molecule has 1 atom stereocenters. The second-order valence-corrected chi connectivity index (χ2v) is 5.10. The smallest absolute Gasteiger partial charge is 0.142 e. The van der Waals surface area contributed by atoms with E-state index in [0.717, 1.165) is 44.2 Å². The van der Waals surface area contributed by atoms with Crippen LogP contribution in [0.2, 0.25) is 0 Å². The average Bonchev–Trinajstić information content (AvgIpc) is 2.42. The minimum Gasteiger partial charge on any atom is -0.495 e. The third kappa shape index (κ3) is 3.85. The highest BCUT2D eigenvalue weighted by molar-refractivity contribution is 5.63. The Balaban J connectivity index is 1.91. The molecule has 0 aromatic heterocycles. The van der Waals surface area contributed by atoms with Gasteiger partial charge >= 0.3 is 0 Å². The maximum atomic E-state index is 5.45. The number of hydrogen-bond acceptors (Lipinski definition) is 4. The van der Waals surface area contributed by atoms with Crippen LogP contribution >= 0.6 is 0 Å². The Bertz CT molecular complexity index is 415. The highest BCUT2D eigenvalue weighted by Crippen LogP contribution is 2.29. The minimum atomic E-state index is 0.456. The van der Waals surface area contributed by atoms with Crippen LogP contribution in [0.15, 0.2) is 12.1 Å². The van der Waals surface area contributed by atoms with Crippen LogP contribution in [0.25, 0.3) is 0 Å². The molecule has 1 aliphatic rings. The van der Waals surface area contributed by atoms with E-state index in [-0.39, 0.29) is 0 Å². The second-order valence-electron chi connectivity index (χ2n) is 5.10. The number of benzene rings is 1. The summed E-state index contributed by atoms with van der Waals surface area (Å²) in [4.78, 5) is 0. The summed E-state index contributed by atoms with van der Waals surface area (Å²) in [5.41, 5.74) is 3.55. The predicted molar refractivity (Wildman–Crippen MR) is 78.2 cm³/mol. The van der Waals surface area contributed by atoms with Crippen molar-refractivity contribution in [1.29, 1.82) is 0 Å². The first-order valence-electron chi connectivity index (χ1n) is 6.91. The van der Waals surface area contributed by atoms with E-state index in [2.05, 4.69) is 36.6 Å². The molecule has 1 fully saturated rings. The van der Waals surface area contributed by atoms with Crippen LogP contribution in [0.4, 0.5) is 5.69 Å². The molecule has 0 saturated carbocycles. The first-order chi connectivity index (χ1) is 9.20. The number of methoxy groups -OCH3 is 1. The summed E-state index contributed by atoms with van der Waals surface area (Å²) in [7, 11) is 1.72. The van der Waals surface area contributed by atoms with Crippen molar-refractivity contribution in [2.45, 2.75) is 26.3 Å². The molecule has 1 aromatic rings. The predicted octanol–water partition coefficient (Wildman–Crippen LogP) is 2.10. The van der Waals surface area contributed by atoms with Crippen molar-refractivity contribution in [2.75, 3.05) is 38.7 Å². The Labute approximate surface area is 115 Å². The van der Waals surface area contributed by atoms with E-state index in [1.165, 1.54) is 11.1 Å². The maximum absolute atomic E-state index is 5.45. The number of aryl methyl sites for hydroxylation is 2. The third-order valence-electron chi connectivity index (χ3n) is 3.46. The number of anilines is 1. The quantitative estimate of drug-likeness (QED) is 0.854. The zero-order valence-corrected chi connectivity index (χ0v) is 12.1. The normalized spacial score (nSPS) is 19.2. The lowest BCUT2D eigenvalue weighted by molar-refractivity contribution is 0.0753. The van der Waals surface area contributed by atoms with Crippen LogP contribution in [0.5, 0.6) is 5.75 Å². The van der Waals surface area contributed by atoms with Gasteiger partial charge in [0.25, 0.3) is 0 Å². The Hall–Kier alpha value is -1.26. The van der Waals surface area contributed by atoms with E-state index in [4.69, 9.17) is 9.47 Å². The average molecular weight is 264 g/mol. The Morgan fingerprint density at radius 2 is 2.26 bits per heavy atom. The number of ether oxygens (including phenoxy) is 2. The summed E-state index contributed by atoms with van der Waals surface area (Å²) in [6.45, 7) is 7.71. The molecule has 1 aromatic carbocycles. The first kappa shape index (κ1) is 14.2. The zero-order chi connectivity index (χ0) is 13.7. The van der Waals surface area contributed by atoms with E-state index in [0.29, 0.717) is 6.04 Å². The van der Waals surface area contributed by atoms with Gasteiger partial charge in [-0.2, -0.15) is 0 Å². The molecule has 0 aliphatic carbocycles. The van der Waals surface area contributed by atoms with Crippen molar-refractivity contribution in [2.24, 2.45) is 0 Å². The summed E-state index contributed by atoms with van der Waals surface area (Å²) in [5.74, 6) is 0.922. The van der Waals surface area contributed by atoms with Crippen LogP contribution in [0, 0.1) is 13.8 Å². The molecule has 2 rings (SSSR count). The Kier molecular flexibility index (Phi) is 5.05. The van der Waals surface area contributed by atoms with Crippen molar-refractivity contribution in [1.82, 2.24) is 5.32 Å². The molecule has 19 heavy (non-hydrogen) atoms. The molecular weight excluding hydrogens is 240 g/mol. The molecule has 4 heteroatoms. The maximum Gasteiger partial charge on any atom is 0.142 e. The van der Waals surface area contributed by atoms with Gasteiger partial charge in [-0.05, 0) is 37.5 Å². The molecule has 0 radical (unpaired) electrons. The highest BCUT2D eigenvalue weighted by Gasteiger charge is 2.13. The van der Waals surface area contributed by atoms with Crippen molar-refractivity contribution in [3.05, 3.63) is 23.3 Å². The first-order valence-corrected chi connectivity index (χ1v) is 6.91. The summed E-state index contributed by atoms with van der Waals surface area (Å²) < 4.78 is 10.9. The van der Waals surface area contributed by atoms with Crippen LogP contribution in [-0.2, 0) is 4.74 Å². The van der Waals surface area contributed by atoms with Gasteiger partial charge in [0, 0.05) is 19.1 Å². The summed E-state index contributed by atoms with van der Waals surface area (Å²) in [6.07, 6.45) is 1.05. The largest absolute Gasteiger partial charge is 0.495 e. The summed E-state index contributed by atoms with van der Waals surface area (Å²) in [5, 5.41) is 6.95. The van der Waals surface area contributed by atoms with E-state index < -0.39 is 0 Å². The van der Waals surface area contributed by atoms with Gasteiger partial charge in [0.15, 0.2) is 0 Å². The van der Waals surface area contributed by atoms with Crippen molar-refractivity contribution in [3.63, 3.8) is 0 Å².